The van der Waals surface area contributed by atoms with Crippen LogP contribution in [0.3, 0.4) is 0 Å². The summed E-state index contributed by atoms with van der Waals surface area (Å²) in [4.78, 5) is 29.3. The van der Waals surface area contributed by atoms with Crippen molar-refractivity contribution < 1.29 is 9.59 Å². The van der Waals surface area contributed by atoms with E-state index in [1.165, 1.54) is 0 Å². The van der Waals surface area contributed by atoms with Crippen LogP contribution in [0.5, 0.6) is 0 Å². The van der Waals surface area contributed by atoms with Gasteiger partial charge in [0.25, 0.3) is 5.91 Å². The monoisotopic (exact) mass is 331 g/mol. The van der Waals surface area contributed by atoms with Crippen LogP contribution in [0.4, 0.5) is 0 Å². The maximum atomic E-state index is 12.7. The molecular formula is C19H29N3O2. The number of rotatable bonds is 7. The number of amides is 2. The van der Waals surface area contributed by atoms with Gasteiger partial charge in [-0.1, -0.05) is 32.0 Å². The molecule has 0 radical (unpaired) electrons. The zero-order chi connectivity index (χ0) is 17.4. The summed E-state index contributed by atoms with van der Waals surface area (Å²) in [5.74, 6) is -0.0645. The van der Waals surface area contributed by atoms with Gasteiger partial charge >= 0.3 is 0 Å². The molecule has 24 heavy (non-hydrogen) atoms. The van der Waals surface area contributed by atoms with E-state index in [2.05, 4.69) is 24.1 Å². The van der Waals surface area contributed by atoms with E-state index >= 15 is 0 Å². The Hall–Kier alpha value is -1.88. The fourth-order valence-electron chi connectivity index (χ4n) is 3.19. The normalized spacial score (nSPS) is 17.8. The van der Waals surface area contributed by atoms with E-state index in [1.807, 2.05) is 30.3 Å². The average Bonchev–Trinajstić information content (AvgIpc) is 2.65. The molecule has 0 aliphatic carbocycles. The van der Waals surface area contributed by atoms with E-state index in [0.717, 1.165) is 38.9 Å². The molecule has 1 N–H and O–H groups in total. The van der Waals surface area contributed by atoms with Gasteiger partial charge in [0.05, 0.1) is 0 Å². The zero-order valence-corrected chi connectivity index (χ0v) is 14.8. The second kappa shape index (κ2) is 9.42. The van der Waals surface area contributed by atoms with Crippen molar-refractivity contribution in [1.29, 1.82) is 0 Å². The molecule has 1 unspecified atom stereocenters. The highest BCUT2D eigenvalue weighted by Crippen LogP contribution is 2.20. The van der Waals surface area contributed by atoms with Gasteiger partial charge < -0.3 is 15.1 Å². The van der Waals surface area contributed by atoms with Gasteiger partial charge in [0.15, 0.2) is 0 Å². The van der Waals surface area contributed by atoms with Crippen molar-refractivity contribution in [3.63, 3.8) is 0 Å². The van der Waals surface area contributed by atoms with Gasteiger partial charge in [0.2, 0.25) is 5.91 Å². The van der Waals surface area contributed by atoms with Crippen molar-refractivity contribution in [3.8, 4) is 0 Å². The summed E-state index contributed by atoms with van der Waals surface area (Å²) in [5, 5.41) is 3.01. The summed E-state index contributed by atoms with van der Waals surface area (Å²) in [6.45, 7) is 8.33. The Morgan fingerprint density at radius 3 is 2.54 bits per heavy atom. The van der Waals surface area contributed by atoms with Crippen LogP contribution in [-0.4, -0.2) is 60.4 Å². The van der Waals surface area contributed by atoms with Gasteiger partial charge in [0, 0.05) is 25.2 Å². The molecule has 1 aromatic rings. The maximum absolute atomic E-state index is 12.7. The number of nitrogens with one attached hydrogen (secondary N) is 1. The Morgan fingerprint density at radius 2 is 1.88 bits per heavy atom. The van der Waals surface area contributed by atoms with Gasteiger partial charge in [0.1, 0.15) is 6.04 Å². The first-order chi connectivity index (χ1) is 11.7. The molecule has 1 aromatic carbocycles. The smallest absolute Gasteiger partial charge is 0.254 e. The Labute approximate surface area is 145 Å². The molecule has 1 saturated heterocycles. The number of hydrogen-bond acceptors (Lipinski definition) is 3. The zero-order valence-electron chi connectivity index (χ0n) is 14.8. The lowest BCUT2D eigenvalue weighted by atomic mass is 10.00. The first kappa shape index (κ1) is 18.5. The van der Waals surface area contributed by atoms with Crippen LogP contribution in [0.15, 0.2) is 30.3 Å². The predicted octanol–water partition coefficient (Wildman–Crippen LogP) is 2.14. The van der Waals surface area contributed by atoms with Crippen LogP contribution in [0.2, 0.25) is 0 Å². The maximum Gasteiger partial charge on any atom is 0.254 e. The average molecular weight is 331 g/mol. The van der Waals surface area contributed by atoms with Gasteiger partial charge in [-0.25, -0.2) is 0 Å². The highest BCUT2D eigenvalue weighted by molar-refractivity contribution is 5.97. The molecule has 1 aliphatic rings. The number of carbonyl (C=O) groups excluding carboxylic acids is 2. The topological polar surface area (TPSA) is 52.7 Å². The summed E-state index contributed by atoms with van der Waals surface area (Å²) >= 11 is 0. The number of piperidine rings is 1. The minimum atomic E-state index is -0.344. The van der Waals surface area contributed by atoms with E-state index in [1.54, 1.807) is 4.90 Å². The van der Waals surface area contributed by atoms with Gasteiger partial charge in [-0.3, -0.25) is 9.59 Å². The van der Waals surface area contributed by atoms with E-state index < -0.39 is 0 Å². The fourth-order valence-corrected chi connectivity index (χ4v) is 3.19. The molecule has 132 valence electrons. The summed E-state index contributed by atoms with van der Waals surface area (Å²) in [7, 11) is 0. The predicted molar refractivity (Wildman–Crippen MR) is 95.9 cm³/mol. The van der Waals surface area contributed by atoms with Crippen LogP contribution >= 0.6 is 0 Å². The first-order valence-corrected chi connectivity index (χ1v) is 9.03. The van der Waals surface area contributed by atoms with Crippen LogP contribution in [0.25, 0.3) is 0 Å². The van der Waals surface area contributed by atoms with E-state index in [9.17, 15) is 9.59 Å². The number of carbonyl (C=O) groups is 2. The standard InChI is InChI=1S/C19H29N3O2/c1-3-21(4-2)15-13-20-18(23)17-12-8-9-14-22(17)19(24)16-10-6-5-7-11-16/h5-7,10-11,17H,3-4,8-9,12-15H2,1-2H3,(H,20,23). The molecule has 1 aliphatic heterocycles. The number of nitrogens with zero attached hydrogens (tertiary/aromatic N) is 2. The largest absolute Gasteiger partial charge is 0.353 e. The van der Waals surface area contributed by atoms with Crippen LogP contribution in [0, 0.1) is 0 Å². The molecule has 1 atom stereocenters. The molecule has 5 heteroatoms. The summed E-state index contributed by atoms with van der Waals surface area (Å²) in [6.07, 6.45) is 2.70. The number of likely N-dealkylation sites (tertiary alicyclic amines) is 1. The lowest BCUT2D eigenvalue weighted by Crippen LogP contribution is -2.52. The van der Waals surface area contributed by atoms with Crippen LogP contribution < -0.4 is 5.32 Å². The summed E-state index contributed by atoms with van der Waals surface area (Å²) < 4.78 is 0. The third-order valence-corrected chi connectivity index (χ3v) is 4.71. The van der Waals surface area contributed by atoms with Crippen LogP contribution in [0.1, 0.15) is 43.5 Å². The fraction of sp³-hybridized carbons (Fsp3) is 0.579. The van der Waals surface area contributed by atoms with Crippen molar-refractivity contribution in [2.45, 2.75) is 39.2 Å². The molecule has 0 saturated carbocycles. The number of hydrogen-bond donors (Lipinski definition) is 1. The quantitative estimate of drug-likeness (QED) is 0.833. The Balaban J connectivity index is 1.95. The third-order valence-electron chi connectivity index (χ3n) is 4.71. The minimum absolute atomic E-state index is 0.0221. The van der Waals surface area contributed by atoms with Crippen LogP contribution in [-0.2, 0) is 4.79 Å². The molecule has 5 nitrogen and oxygen atoms in total. The molecule has 1 fully saturated rings. The summed E-state index contributed by atoms with van der Waals surface area (Å²) in [6, 6.07) is 8.89. The SMILES string of the molecule is CCN(CC)CCNC(=O)C1CCCCN1C(=O)c1ccccc1. The minimum Gasteiger partial charge on any atom is -0.353 e. The van der Waals surface area contributed by atoms with Crippen molar-refractivity contribution in [2.24, 2.45) is 0 Å². The second-order valence-corrected chi connectivity index (χ2v) is 6.19. The highest BCUT2D eigenvalue weighted by atomic mass is 16.2. The molecular weight excluding hydrogens is 302 g/mol. The lowest BCUT2D eigenvalue weighted by molar-refractivity contribution is -0.126. The number of likely N-dealkylation sites (N-methyl/N-ethyl adjacent to an activating group) is 1. The molecule has 0 spiro atoms. The van der Waals surface area contributed by atoms with Gasteiger partial charge in [-0.2, -0.15) is 0 Å². The number of benzene rings is 1. The van der Waals surface area contributed by atoms with Crippen molar-refractivity contribution in [2.75, 3.05) is 32.7 Å². The molecule has 2 rings (SSSR count). The van der Waals surface area contributed by atoms with Crippen molar-refractivity contribution in [1.82, 2.24) is 15.1 Å². The van der Waals surface area contributed by atoms with Crippen molar-refractivity contribution in [3.05, 3.63) is 35.9 Å². The first-order valence-electron chi connectivity index (χ1n) is 9.03. The molecule has 0 bridgehead atoms. The van der Waals surface area contributed by atoms with E-state index in [-0.39, 0.29) is 17.9 Å². The summed E-state index contributed by atoms with van der Waals surface area (Å²) in [5.41, 5.74) is 0.653. The van der Waals surface area contributed by atoms with E-state index in [4.69, 9.17) is 0 Å². The Kier molecular flexibility index (Phi) is 7.25. The molecule has 0 aromatic heterocycles. The van der Waals surface area contributed by atoms with Gasteiger partial charge in [-0.15, -0.1) is 0 Å². The van der Waals surface area contributed by atoms with Crippen molar-refractivity contribution >= 4 is 11.8 Å². The molecule has 1 heterocycles. The lowest BCUT2D eigenvalue weighted by Gasteiger charge is -2.35. The second-order valence-electron chi connectivity index (χ2n) is 6.19. The Morgan fingerprint density at radius 1 is 1.17 bits per heavy atom. The van der Waals surface area contributed by atoms with E-state index in [0.29, 0.717) is 18.7 Å². The Bertz CT molecular complexity index is 529. The van der Waals surface area contributed by atoms with Gasteiger partial charge in [-0.05, 0) is 44.5 Å². The highest BCUT2D eigenvalue weighted by Gasteiger charge is 2.32. The molecule has 2 amide bonds. The third kappa shape index (κ3) is 4.81.